The van der Waals surface area contributed by atoms with Crippen LogP contribution in [-0.2, 0) is 21.7 Å². The number of carbonyl (C=O) groups excluding carboxylic acids is 2. The second-order valence-corrected chi connectivity index (χ2v) is 7.02. The highest BCUT2D eigenvalue weighted by atomic mass is 19.4. The molecule has 0 radical (unpaired) electrons. The highest BCUT2D eigenvalue weighted by molar-refractivity contribution is 6.07. The van der Waals surface area contributed by atoms with E-state index in [9.17, 15) is 32.3 Å². The summed E-state index contributed by atoms with van der Waals surface area (Å²) < 4.78 is 43.2. The molecular weight excluding hydrogens is 393 g/mol. The van der Waals surface area contributed by atoms with Gasteiger partial charge in [0, 0.05) is 5.92 Å². The maximum atomic E-state index is 14.1. The first-order valence-corrected chi connectivity index (χ1v) is 8.77. The van der Waals surface area contributed by atoms with Crippen molar-refractivity contribution in [3.05, 3.63) is 62.3 Å². The van der Waals surface area contributed by atoms with E-state index >= 15 is 0 Å². The predicted molar refractivity (Wildman–Crippen MR) is 94.1 cm³/mol. The molecule has 2 aliphatic rings. The van der Waals surface area contributed by atoms with Gasteiger partial charge in [0.1, 0.15) is 11.4 Å². The number of nitrogens with one attached hydrogen (secondary N) is 3. The van der Waals surface area contributed by atoms with Gasteiger partial charge in [0.05, 0.1) is 6.54 Å². The van der Waals surface area contributed by atoms with Crippen LogP contribution in [0.4, 0.5) is 19.0 Å². The molecule has 8 nitrogen and oxygen atoms in total. The summed E-state index contributed by atoms with van der Waals surface area (Å²) in [4.78, 5) is 51.2. The van der Waals surface area contributed by atoms with Gasteiger partial charge in [0.2, 0.25) is 11.4 Å². The Kier molecular flexibility index (Phi) is 4.14. The first-order chi connectivity index (χ1) is 13.6. The molecule has 29 heavy (non-hydrogen) atoms. The van der Waals surface area contributed by atoms with Crippen LogP contribution in [0.2, 0.25) is 0 Å². The Morgan fingerprint density at radius 2 is 1.83 bits per heavy atom. The van der Waals surface area contributed by atoms with Crippen molar-refractivity contribution < 1.29 is 22.8 Å². The minimum atomic E-state index is -5.31. The van der Waals surface area contributed by atoms with Crippen LogP contribution in [0.5, 0.6) is 0 Å². The van der Waals surface area contributed by atoms with Gasteiger partial charge in [-0.25, -0.2) is 4.79 Å². The van der Waals surface area contributed by atoms with Gasteiger partial charge in [-0.15, -0.1) is 0 Å². The molecule has 2 aromatic rings. The Morgan fingerprint density at radius 1 is 1.17 bits per heavy atom. The Morgan fingerprint density at radius 3 is 2.41 bits per heavy atom. The SMILES string of the molecule is O=C(N[C@]1(C(F)(F)F)C(=O)Nc2c1c(=O)[nH]c(=O)n2Cc1ccccc1)C1CC1. The molecule has 3 N–H and O–H groups in total. The van der Waals surface area contributed by atoms with Crippen molar-refractivity contribution in [1.29, 1.82) is 0 Å². The van der Waals surface area contributed by atoms with Crippen LogP contribution >= 0.6 is 0 Å². The Hall–Kier alpha value is -3.37. The molecule has 1 aromatic carbocycles. The Labute approximate surface area is 160 Å². The molecule has 0 saturated heterocycles. The summed E-state index contributed by atoms with van der Waals surface area (Å²) in [6, 6.07) is 8.31. The van der Waals surface area contributed by atoms with E-state index in [-0.39, 0.29) is 6.54 Å². The lowest BCUT2D eigenvalue weighted by Gasteiger charge is -2.30. The zero-order valence-corrected chi connectivity index (χ0v) is 14.8. The molecular formula is C18H15F3N4O4. The van der Waals surface area contributed by atoms with Crippen molar-refractivity contribution in [2.75, 3.05) is 5.32 Å². The first-order valence-electron chi connectivity index (χ1n) is 8.77. The fourth-order valence-electron chi connectivity index (χ4n) is 3.37. The number of rotatable bonds is 4. The number of hydrogen-bond acceptors (Lipinski definition) is 4. The standard InChI is InChI=1S/C18H15F3N4O4/c19-18(20,21)17(24-13(26)10-6-7-10)11-12(22-15(17)28)25(16(29)23-14(11)27)8-9-4-2-1-3-5-9/h1-5,10H,6-8H2,(H,22,28)(H,24,26)(H,23,27,29)/t17-/m0/s1. The molecule has 0 spiro atoms. The van der Waals surface area contributed by atoms with Gasteiger partial charge < -0.3 is 10.6 Å². The van der Waals surface area contributed by atoms with Crippen LogP contribution < -0.4 is 21.9 Å². The van der Waals surface area contributed by atoms with Crippen LogP contribution in [0.1, 0.15) is 24.0 Å². The van der Waals surface area contributed by atoms with Crippen LogP contribution in [0.3, 0.4) is 0 Å². The molecule has 1 aliphatic heterocycles. The second-order valence-electron chi connectivity index (χ2n) is 7.02. The minimum absolute atomic E-state index is 0.191. The van der Waals surface area contributed by atoms with Crippen molar-refractivity contribution in [1.82, 2.24) is 14.9 Å². The molecule has 11 heteroatoms. The van der Waals surface area contributed by atoms with E-state index in [0.717, 1.165) is 4.57 Å². The molecule has 2 heterocycles. The third-order valence-electron chi connectivity index (χ3n) is 5.01. The third-order valence-corrected chi connectivity index (χ3v) is 5.01. The predicted octanol–water partition coefficient (Wildman–Crippen LogP) is 0.821. The largest absolute Gasteiger partial charge is 0.425 e. The maximum Gasteiger partial charge on any atom is 0.425 e. The monoisotopic (exact) mass is 408 g/mol. The van der Waals surface area contributed by atoms with E-state index in [4.69, 9.17) is 0 Å². The van der Waals surface area contributed by atoms with E-state index in [2.05, 4.69) is 0 Å². The fourth-order valence-corrected chi connectivity index (χ4v) is 3.37. The average Bonchev–Trinajstić information content (AvgIpc) is 3.44. The van der Waals surface area contributed by atoms with Crippen LogP contribution in [0.25, 0.3) is 0 Å². The summed E-state index contributed by atoms with van der Waals surface area (Å²) in [5, 5.41) is 3.74. The van der Waals surface area contributed by atoms with Crippen LogP contribution in [0.15, 0.2) is 39.9 Å². The molecule has 1 saturated carbocycles. The fraction of sp³-hybridized carbons (Fsp3) is 0.333. The number of nitrogens with zero attached hydrogens (tertiary/aromatic N) is 1. The molecule has 152 valence electrons. The van der Waals surface area contributed by atoms with E-state index in [1.165, 1.54) is 0 Å². The van der Waals surface area contributed by atoms with E-state index < -0.39 is 52.1 Å². The lowest BCUT2D eigenvalue weighted by Crippen LogP contribution is -2.62. The number of benzene rings is 1. The van der Waals surface area contributed by atoms with Crippen molar-refractivity contribution in [3.8, 4) is 0 Å². The van der Waals surface area contributed by atoms with E-state index in [1.807, 2.05) is 10.3 Å². The topological polar surface area (TPSA) is 113 Å². The van der Waals surface area contributed by atoms with Crippen molar-refractivity contribution >= 4 is 17.6 Å². The zero-order chi connectivity index (χ0) is 21.0. The number of amides is 2. The quantitative estimate of drug-likeness (QED) is 0.695. The van der Waals surface area contributed by atoms with Gasteiger partial charge in [-0.2, -0.15) is 13.2 Å². The molecule has 2 amide bonds. The normalized spacial score (nSPS) is 20.9. The number of fused-ring (bicyclic) bond motifs is 1. The number of alkyl halides is 3. The molecule has 1 atom stereocenters. The van der Waals surface area contributed by atoms with Crippen LogP contribution in [-0.4, -0.2) is 27.5 Å². The number of anilines is 1. The van der Waals surface area contributed by atoms with Gasteiger partial charge in [-0.05, 0) is 18.4 Å². The number of carbonyl (C=O) groups is 2. The lowest BCUT2D eigenvalue weighted by molar-refractivity contribution is -0.201. The molecule has 4 rings (SSSR count). The van der Waals surface area contributed by atoms with Crippen molar-refractivity contribution in [3.63, 3.8) is 0 Å². The molecule has 0 bridgehead atoms. The van der Waals surface area contributed by atoms with Crippen LogP contribution in [0, 0.1) is 5.92 Å². The van der Waals surface area contributed by atoms with Gasteiger partial charge in [0.15, 0.2) is 0 Å². The number of aromatic amines is 1. The number of H-pyrrole nitrogens is 1. The average molecular weight is 408 g/mol. The molecule has 1 aromatic heterocycles. The maximum absolute atomic E-state index is 14.1. The number of hydrogen-bond donors (Lipinski definition) is 3. The smallest absolute Gasteiger partial charge is 0.330 e. The Bertz CT molecular complexity index is 1120. The summed E-state index contributed by atoms with van der Waals surface area (Å²) in [5.74, 6) is -3.82. The van der Waals surface area contributed by atoms with Gasteiger partial charge >= 0.3 is 11.9 Å². The van der Waals surface area contributed by atoms with E-state index in [0.29, 0.717) is 18.4 Å². The van der Waals surface area contributed by atoms with E-state index in [1.54, 1.807) is 35.6 Å². The summed E-state index contributed by atoms with van der Waals surface area (Å²) in [6.45, 7) is -0.191. The first kappa shape index (κ1) is 19.0. The zero-order valence-electron chi connectivity index (χ0n) is 14.8. The summed E-state index contributed by atoms with van der Waals surface area (Å²) in [5.41, 5.74) is -6.42. The van der Waals surface area contributed by atoms with Gasteiger partial charge in [-0.1, -0.05) is 30.3 Å². The van der Waals surface area contributed by atoms with Gasteiger partial charge in [-0.3, -0.25) is 23.9 Å². The number of halogens is 3. The van der Waals surface area contributed by atoms with Crippen molar-refractivity contribution in [2.24, 2.45) is 5.92 Å². The minimum Gasteiger partial charge on any atom is -0.330 e. The highest BCUT2D eigenvalue weighted by Gasteiger charge is 2.68. The molecule has 1 fully saturated rings. The molecule has 1 aliphatic carbocycles. The van der Waals surface area contributed by atoms with Gasteiger partial charge in [0.25, 0.3) is 11.5 Å². The number of aromatic nitrogens is 2. The summed E-state index contributed by atoms with van der Waals surface area (Å²) in [7, 11) is 0. The summed E-state index contributed by atoms with van der Waals surface area (Å²) in [6.07, 6.45) is -4.51. The summed E-state index contributed by atoms with van der Waals surface area (Å²) >= 11 is 0. The third kappa shape index (κ3) is 2.93. The Balaban J connectivity index is 1.92. The second kappa shape index (κ2) is 6.33. The lowest BCUT2D eigenvalue weighted by atomic mass is 9.91. The van der Waals surface area contributed by atoms with Crippen molar-refractivity contribution in [2.45, 2.75) is 31.1 Å². The molecule has 0 unspecified atom stereocenters. The highest BCUT2D eigenvalue weighted by Crippen LogP contribution is 2.45.